The number of benzene rings is 1. The van der Waals surface area contributed by atoms with Gasteiger partial charge in [0.1, 0.15) is 5.60 Å². The number of ether oxygens (including phenoxy) is 1. The molecule has 1 heterocycles. The van der Waals surface area contributed by atoms with Gasteiger partial charge in [0.05, 0.1) is 6.04 Å². The van der Waals surface area contributed by atoms with Crippen molar-refractivity contribution in [3.8, 4) is 0 Å². The second kappa shape index (κ2) is 6.97. The van der Waals surface area contributed by atoms with E-state index in [0.29, 0.717) is 6.54 Å². The highest BCUT2D eigenvalue weighted by molar-refractivity contribution is 7.10. The lowest BCUT2D eigenvalue weighted by molar-refractivity contribution is 0.0156. The maximum absolute atomic E-state index is 12.6. The second-order valence-electron chi connectivity index (χ2n) is 6.29. The molecule has 118 valence electrons. The summed E-state index contributed by atoms with van der Waals surface area (Å²) in [7, 11) is 0. The Bertz CT molecular complexity index is 587. The summed E-state index contributed by atoms with van der Waals surface area (Å²) in [5, 5.41) is 2.03. The van der Waals surface area contributed by atoms with Gasteiger partial charge in [0.15, 0.2) is 0 Å². The average molecular weight is 317 g/mol. The van der Waals surface area contributed by atoms with Gasteiger partial charge in [-0.1, -0.05) is 36.4 Å². The van der Waals surface area contributed by atoms with E-state index in [2.05, 4.69) is 6.07 Å². The van der Waals surface area contributed by atoms with Gasteiger partial charge in [-0.05, 0) is 44.7 Å². The van der Waals surface area contributed by atoms with Crippen LogP contribution in [0.4, 0.5) is 4.79 Å². The minimum atomic E-state index is -0.499. The number of rotatable bonds is 4. The Balaban J connectivity index is 2.22. The fraction of sp³-hybridized carbons (Fsp3) is 0.389. The molecule has 1 aromatic carbocycles. The SMILES string of the molecule is CC(c1cccs1)N(Cc1ccccc1)C(=O)OC(C)(C)C. The first-order valence-electron chi connectivity index (χ1n) is 7.44. The van der Waals surface area contributed by atoms with E-state index in [1.54, 1.807) is 16.2 Å². The standard InChI is InChI=1S/C18H23NO2S/c1-14(16-11-8-12-22-16)19(17(20)21-18(2,3)4)13-15-9-6-5-7-10-15/h5-12,14H,13H2,1-4H3. The van der Waals surface area contributed by atoms with Crippen molar-refractivity contribution in [2.24, 2.45) is 0 Å². The molecule has 2 aromatic rings. The van der Waals surface area contributed by atoms with Crippen molar-refractivity contribution in [1.82, 2.24) is 4.90 Å². The van der Waals surface area contributed by atoms with Crippen LogP contribution >= 0.6 is 11.3 Å². The molecule has 0 aliphatic carbocycles. The van der Waals surface area contributed by atoms with Crippen LogP contribution in [0.2, 0.25) is 0 Å². The van der Waals surface area contributed by atoms with Crippen LogP contribution in [0.1, 0.15) is 44.2 Å². The number of carbonyl (C=O) groups excluding carboxylic acids is 1. The normalized spacial score (nSPS) is 12.7. The molecule has 0 saturated heterocycles. The summed E-state index contributed by atoms with van der Waals surface area (Å²) < 4.78 is 5.58. The van der Waals surface area contributed by atoms with Gasteiger partial charge in [-0.2, -0.15) is 0 Å². The highest BCUT2D eigenvalue weighted by Gasteiger charge is 2.27. The molecule has 0 fully saturated rings. The second-order valence-corrected chi connectivity index (χ2v) is 7.26. The Morgan fingerprint density at radius 3 is 2.41 bits per heavy atom. The summed E-state index contributed by atoms with van der Waals surface area (Å²) >= 11 is 1.66. The third-order valence-corrected chi connectivity index (χ3v) is 4.29. The molecule has 1 unspecified atom stereocenters. The number of amides is 1. The number of nitrogens with zero attached hydrogens (tertiary/aromatic N) is 1. The highest BCUT2D eigenvalue weighted by atomic mass is 32.1. The molecule has 1 amide bonds. The van der Waals surface area contributed by atoms with Crippen molar-refractivity contribution >= 4 is 17.4 Å². The van der Waals surface area contributed by atoms with E-state index in [4.69, 9.17) is 4.74 Å². The van der Waals surface area contributed by atoms with Crippen molar-refractivity contribution in [1.29, 1.82) is 0 Å². The van der Waals surface area contributed by atoms with Crippen LogP contribution in [0.25, 0.3) is 0 Å². The molecular formula is C18H23NO2S. The summed E-state index contributed by atoms with van der Waals surface area (Å²) in [5.41, 5.74) is 0.595. The van der Waals surface area contributed by atoms with E-state index >= 15 is 0 Å². The van der Waals surface area contributed by atoms with Gasteiger partial charge in [-0.25, -0.2) is 4.79 Å². The molecule has 4 heteroatoms. The van der Waals surface area contributed by atoms with Gasteiger partial charge >= 0.3 is 6.09 Å². The molecule has 0 N–H and O–H groups in total. The summed E-state index contributed by atoms with van der Waals surface area (Å²) in [5.74, 6) is 0. The Kier molecular flexibility index (Phi) is 5.24. The first-order chi connectivity index (χ1) is 10.4. The first kappa shape index (κ1) is 16.6. The molecule has 0 bridgehead atoms. The Hall–Kier alpha value is -1.81. The van der Waals surface area contributed by atoms with Gasteiger partial charge in [-0.3, -0.25) is 4.90 Å². The summed E-state index contributed by atoms with van der Waals surface area (Å²) in [6.07, 6.45) is -0.280. The number of thiophene rings is 1. The molecule has 22 heavy (non-hydrogen) atoms. The minimum Gasteiger partial charge on any atom is -0.444 e. The quantitative estimate of drug-likeness (QED) is 0.771. The fourth-order valence-corrected chi connectivity index (χ4v) is 2.94. The zero-order chi connectivity index (χ0) is 16.2. The lowest BCUT2D eigenvalue weighted by Crippen LogP contribution is -2.37. The van der Waals surface area contributed by atoms with E-state index in [-0.39, 0.29) is 12.1 Å². The van der Waals surface area contributed by atoms with Gasteiger partial charge < -0.3 is 4.74 Å². The molecule has 0 aliphatic heterocycles. The third kappa shape index (κ3) is 4.60. The monoisotopic (exact) mass is 317 g/mol. The van der Waals surface area contributed by atoms with E-state index in [0.717, 1.165) is 10.4 Å². The first-order valence-corrected chi connectivity index (χ1v) is 8.32. The predicted octanol–water partition coefficient (Wildman–Crippen LogP) is 5.25. The number of hydrogen-bond donors (Lipinski definition) is 0. The lowest BCUT2D eigenvalue weighted by Gasteiger charge is -2.31. The lowest BCUT2D eigenvalue weighted by atomic mass is 10.1. The smallest absolute Gasteiger partial charge is 0.411 e. The Labute approximate surface area is 136 Å². The van der Waals surface area contributed by atoms with Crippen molar-refractivity contribution in [2.75, 3.05) is 0 Å². The molecule has 1 aromatic heterocycles. The maximum atomic E-state index is 12.6. The van der Waals surface area contributed by atoms with Crippen LogP contribution in [-0.4, -0.2) is 16.6 Å². The molecule has 0 saturated carbocycles. The molecule has 0 radical (unpaired) electrons. The van der Waals surface area contributed by atoms with Gasteiger partial charge in [0.25, 0.3) is 0 Å². The van der Waals surface area contributed by atoms with Crippen LogP contribution in [-0.2, 0) is 11.3 Å². The van der Waals surface area contributed by atoms with Crippen LogP contribution in [0.5, 0.6) is 0 Å². The summed E-state index contributed by atoms with van der Waals surface area (Å²) in [4.78, 5) is 15.5. The topological polar surface area (TPSA) is 29.5 Å². The van der Waals surface area contributed by atoms with Crippen molar-refractivity contribution in [3.63, 3.8) is 0 Å². The molecule has 1 atom stereocenters. The van der Waals surface area contributed by atoms with E-state index in [1.807, 2.05) is 69.5 Å². The van der Waals surface area contributed by atoms with Crippen molar-refractivity contribution in [3.05, 3.63) is 58.3 Å². The highest BCUT2D eigenvalue weighted by Crippen LogP contribution is 2.27. The van der Waals surface area contributed by atoms with Gasteiger partial charge in [0, 0.05) is 11.4 Å². The fourth-order valence-electron chi connectivity index (χ4n) is 2.14. The Morgan fingerprint density at radius 2 is 1.86 bits per heavy atom. The van der Waals surface area contributed by atoms with Crippen LogP contribution in [0, 0.1) is 0 Å². The zero-order valence-corrected chi connectivity index (χ0v) is 14.4. The molecule has 0 aliphatic rings. The average Bonchev–Trinajstić information content (AvgIpc) is 2.97. The zero-order valence-electron chi connectivity index (χ0n) is 13.6. The maximum Gasteiger partial charge on any atom is 0.411 e. The van der Waals surface area contributed by atoms with E-state index < -0.39 is 5.60 Å². The molecule has 3 nitrogen and oxygen atoms in total. The molecule has 2 rings (SSSR count). The summed E-state index contributed by atoms with van der Waals surface area (Å²) in [6.45, 7) is 8.25. The minimum absolute atomic E-state index is 0.0185. The van der Waals surface area contributed by atoms with Gasteiger partial charge in [-0.15, -0.1) is 11.3 Å². The van der Waals surface area contributed by atoms with Crippen LogP contribution < -0.4 is 0 Å². The predicted molar refractivity (Wildman–Crippen MR) is 91.0 cm³/mol. The Morgan fingerprint density at radius 1 is 1.18 bits per heavy atom. The van der Waals surface area contributed by atoms with Gasteiger partial charge in [0.2, 0.25) is 0 Å². The van der Waals surface area contributed by atoms with E-state index in [9.17, 15) is 4.79 Å². The van der Waals surface area contributed by atoms with Crippen molar-refractivity contribution in [2.45, 2.75) is 45.9 Å². The van der Waals surface area contributed by atoms with Crippen molar-refractivity contribution < 1.29 is 9.53 Å². The van der Waals surface area contributed by atoms with Crippen LogP contribution in [0.3, 0.4) is 0 Å². The molecule has 0 spiro atoms. The van der Waals surface area contributed by atoms with Crippen LogP contribution in [0.15, 0.2) is 47.8 Å². The van der Waals surface area contributed by atoms with E-state index in [1.165, 1.54) is 0 Å². The third-order valence-electron chi connectivity index (χ3n) is 3.25. The summed E-state index contributed by atoms with van der Waals surface area (Å²) in [6, 6.07) is 14.0. The number of hydrogen-bond acceptors (Lipinski definition) is 3. The number of carbonyl (C=O) groups is 1. The largest absolute Gasteiger partial charge is 0.444 e. The molecular weight excluding hydrogens is 294 g/mol.